The predicted molar refractivity (Wildman–Crippen MR) is 66.0 cm³/mol. The van der Waals surface area contributed by atoms with Gasteiger partial charge in [-0.05, 0) is 55.7 Å². The van der Waals surface area contributed by atoms with E-state index < -0.39 is 0 Å². The van der Waals surface area contributed by atoms with Crippen LogP contribution < -0.4 is 0 Å². The molecule has 0 nitrogen and oxygen atoms in total. The van der Waals surface area contributed by atoms with Crippen molar-refractivity contribution in [1.82, 2.24) is 0 Å². The van der Waals surface area contributed by atoms with Crippen molar-refractivity contribution in [3.05, 3.63) is 58.7 Å². The molecule has 0 aromatic heterocycles. The molecule has 0 spiro atoms. The normalized spacial score (nSPS) is 10.6. The Morgan fingerprint density at radius 2 is 1.41 bits per heavy atom. The van der Waals surface area contributed by atoms with Crippen LogP contribution in [0.2, 0.25) is 0 Å². The van der Waals surface area contributed by atoms with Gasteiger partial charge < -0.3 is 0 Å². The molecule has 0 saturated carbocycles. The summed E-state index contributed by atoms with van der Waals surface area (Å²) in [7, 11) is 0. The van der Waals surface area contributed by atoms with Crippen LogP contribution in [-0.2, 0) is 0 Å². The number of halogens is 2. The summed E-state index contributed by atoms with van der Waals surface area (Å²) in [5, 5.41) is 0. The minimum absolute atomic E-state index is 0.277. The molecule has 0 atom stereocenters. The minimum atomic E-state index is -0.335. The van der Waals surface area contributed by atoms with Crippen molar-refractivity contribution in [2.24, 2.45) is 0 Å². The molecular formula is C15H14F2. The molecule has 2 aromatic carbocycles. The van der Waals surface area contributed by atoms with Crippen molar-refractivity contribution in [3.63, 3.8) is 0 Å². The summed E-state index contributed by atoms with van der Waals surface area (Å²) in [6, 6.07) is 8.12. The van der Waals surface area contributed by atoms with E-state index in [2.05, 4.69) is 0 Å². The van der Waals surface area contributed by atoms with Gasteiger partial charge in [0, 0.05) is 5.56 Å². The van der Waals surface area contributed by atoms with Gasteiger partial charge in [-0.2, -0.15) is 0 Å². The van der Waals surface area contributed by atoms with E-state index in [1.54, 1.807) is 32.0 Å². The molecule has 0 heterocycles. The van der Waals surface area contributed by atoms with Gasteiger partial charge in [-0.3, -0.25) is 0 Å². The molecule has 0 fully saturated rings. The molecule has 2 heteroatoms. The smallest absolute Gasteiger partial charge is 0.133 e. The first-order chi connectivity index (χ1) is 7.97. The number of benzene rings is 2. The number of rotatable bonds is 1. The molecule has 0 aliphatic rings. The van der Waals surface area contributed by atoms with Crippen LogP contribution in [0.15, 0.2) is 30.3 Å². The molecule has 0 N–H and O–H groups in total. The molecule has 0 unspecified atom stereocenters. The summed E-state index contributed by atoms with van der Waals surface area (Å²) in [4.78, 5) is 0. The summed E-state index contributed by atoms with van der Waals surface area (Å²) in [5.74, 6) is -0.612. The van der Waals surface area contributed by atoms with Crippen LogP contribution in [0.1, 0.15) is 16.7 Å². The van der Waals surface area contributed by atoms with Crippen LogP contribution in [0, 0.1) is 32.4 Å². The van der Waals surface area contributed by atoms with Crippen LogP contribution in [0.5, 0.6) is 0 Å². The van der Waals surface area contributed by atoms with Gasteiger partial charge >= 0.3 is 0 Å². The maximum absolute atomic E-state index is 14.0. The van der Waals surface area contributed by atoms with Crippen LogP contribution in [-0.4, -0.2) is 0 Å². The van der Waals surface area contributed by atoms with Gasteiger partial charge in [-0.1, -0.05) is 17.7 Å². The first-order valence-electron chi connectivity index (χ1n) is 5.51. The van der Waals surface area contributed by atoms with E-state index >= 15 is 0 Å². The maximum Gasteiger partial charge on any atom is 0.133 e. The van der Waals surface area contributed by atoms with Gasteiger partial charge in [0.05, 0.1) is 0 Å². The van der Waals surface area contributed by atoms with E-state index in [1.165, 1.54) is 12.1 Å². The highest BCUT2D eigenvalue weighted by molar-refractivity contribution is 5.66. The van der Waals surface area contributed by atoms with Gasteiger partial charge in [0.15, 0.2) is 0 Å². The van der Waals surface area contributed by atoms with Gasteiger partial charge in [0.25, 0.3) is 0 Å². The molecule has 0 saturated heterocycles. The average Bonchev–Trinajstić information content (AvgIpc) is 2.22. The van der Waals surface area contributed by atoms with Crippen LogP contribution in [0.25, 0.3) is 11.1 Å². The lowest BCUT2D eigenvalue weighted by molar-refractivity contribution is 0.618. The fourth-order valence-electron chi connectivity index (χ4n) is 2.05. The van der Waals surface area contributed by atoms with E-state index in [9.17, 15) is 8.78 Å². The van der Waals surface area contributed by atoms with E-state index in [-0.39, 0.29) is 11.6 Å². The van der Waals surface area contributed by atoms with Crippen molar-refractivity contribution >= 4 is 0 Å². The Kier molecular flexibility index (Phi) is 2.97. The Bertz CT molecular complexity index is 551. The van der Waals surface area contributed by atoms with Crippen LogP contribution in [0.4, 0.5) is 8.78 Å². The maximum atomic E-state index is 14.0. The van der Waals surface area contributed by atoms with Crippen molar-refractivity contribution in [1.29, 1.82) is 0 Å². The van der Waals surface area contributed by atoms with Crippen molar-refractivity contribution in [2.45, 2.75) is 20.8 Å². The monoisotopic (exact) mass is 232 g/mol. The molecule has 0 aliphatic carbocycles. The second kappa shape index (κ2) is 4.28. The third kappa shape index (κ3) is 2.36. The van der Waals surface area contributed by atoms with E-state index in [0.29, 0.717) is 16.7 Å². The third-order valence-electron chi connectivity index (χ3n) is 2.75. The predicted octanol–water partition coefficient (Wildman–Crippen LogP) is 4.56. The quantitative estimate of drug-likeness (QED) is 0.676. The molecule has 0 bridgehead atoms. The average molecular weight is 232 g/mol. The third-order valence-corrected chi connectivity index (χ3v) is 2.75. The van der Waals surface area contributed by atoms with Crippen molar-refractivity contribution in [3.8, 4) is 11.1 Å². The Labute approximate surface area is 99.9 Å². The summed E-state index contributed by atoms with van der Waals surface area (Å²) < 4.78 is 27.3. The lowest BCUT2D eigenvalue weighted by atomic mass is 9.98. The highest BCUT2D eigenvalue weighted by Crippen LogP contribution is 2.27. The topological polar surface area (TPSA) is 0 Å². The summed E-state index contributed by atoms with van der Waals surface area (Å²) in [6.07, 6.45) is 0. The Balaban J connectivity index is 2.67. The Morgan fingerprint density at radius 3 is 2.06 bits per heavy atom. The van der Waals surface area contributed by atoms with Gasteiger partial charge in [-0.15, -0.1) is 0 Å². The SMILES string of the molecule is Cc1cc(F)cc(-c2cc(C)cc(C)c2F)c1. The number of hydrogen-bond acceptors (Lipinski definition) is 0. The van der Waals surface area contributed by atoms with Gasteiger partial charge in [-0.25, -0.2) is 8.78 Å². The molecule has 17 heavy (non-hydrogen) atoms. The second-order valence-corrected chi connectivity index (χ2v) is 4.46. The molecule has 88 valence electrons. The summed E-state index contributed by atoms with van der Waals surface area (Å²) in [6.45, 7) is 5.42. The fourth-order valence-corrected chi connectivity index (χ4v) is 2.05. The van der Waals surface area contributed by atoms with E-state index in [4.69, 9.17) is 0 Å². The summed E-state index contributed by atoms with van der Waals surface area (Å²) >= 11 is 0. The lowest BCUT2D eigenvalue weighted by Gasteiger charge is -2.09. The molecule has 0 amide bonds. The standard InChI is InChI=1S/C15H14F2/c1-9-4-11(3)15(17)14(7-9)12-5-10(2)6-13(16)8-12/h4-8H,1-3H3. The fraction of sp³-hybridized carbons (Fsp3) is 0.200. The zero-order valence-electron chi connectivity index (χ0n) is 10.1. The largest absolute Gasteiger partial charge is 0.207 e. The summed E-state index contributed by atoms with van der Waals surface area (Å²) in [5.41, 5.74) is 3.40. The molecule has 0 radical (unpaired) electrons. The molecule has 2 rings (SSSR count). The lowest BCUT2D eigenvalue weighted by Crippen LogP contribution is -1.92. The van der Waals surface area contributed by atoms with E-state index in [0.717, 1.165) is 11.1 Å². The number of hydrogen-bond donors (Lipinski definition) is 0. The first-order valence-corrected chi connectivity index (χ1v) is 5.51. The first kappa shape index (κ1) is 11.8. The molecule has 2 aromatic rings. The molecule has 0 aliphatic heterocycles. The second-order valence-electron chi connectivity index (χ2n) is 4.46. The van der Waals surface area contributed by atoms with Crippen molar-refractivity contribution in [2.75, 3.05) is 0 Å². The van der Waals surface area contributed by atoms with Gasteiger partial charge in [0.2, 0.25) is 0 Å². The Morgan fingerprint density at radius 1 is 0.765 bits per heavy atom. The Hall–Kier alpha value is -1.70. The van der Waals surface area contributed by atoms with Gasteiger partial charge in [0.1, 0.15) is 11.6 Å². The zero-order chi connectivity index (χ0) is 12.6. The van der Waals surface area contributed by atoms with Crippen LogP contribution in [0.3, 0.4) is 0 Å². The highest BCUT2D eigenvalue weighted by atomic mass is 19.1. The number of aryl methyl sites for hydroxylation is 3. The minimum Gasteiger partial charge on any atom is -0.207 e. The van der Waals surface area contributed by atoms with Crippen LogP contribution >= 0.6 is 0 Å². The highest BCUT2D eigenvalue weighted by Gasteiger charge is 2.10. The zero-order valence-corrected chi connectivity index (χ0v) is 10.1. The molecular weight excluding hydrogens is 218 g/mol. The van der Waals surface area contributed by atoms with E-state index in [1.807, 2.05) is 6.92 Å². The van der Waals surface area contributed by atoms with Crippen molar-refractivity contribution < 1.29 is 8.78 Å².